The lowest BCUT2D eigenvalue weighted by atomic mass is 10.1. The fraction of sp³-hybridized carbons (Fsp3) is 0.111. The predicted molar refractivity (Wildman–Crippen MR) is 42.8 cm³/mol. The SMILES string of the molecule is CC(=O)c1cccc(O[C]=O)c1. The minimum absolute atomic E-state index is 0.0636. The highest BCUT2D eigenvalue weighted by atomic mass is 16.5. The van der Waals surface area contributed by atoms with Crippen LogP contribution < -0.4 is 4.74 Å². The van der Waals surface area contributed by atoms with Crippen molar-refractivity contribution in [2.75, 3.05) is 0 Å². The molecule has 3 heteroatoms. The quantitative estimate of drug-likeness (QED) is 0.631. The third-order valence-corrected chi connectivity index (χ3v) is 1.40. The summed E-state index contributed by atoms with van der Waals surface area (Å²) in [5.41, 5.74) is 0.516. The zero-order chi connectivity index (χ0) is 8.97. The van der Waals surface area contributed by atoms with Gasteiger partial charge in [-0.1, -0.05) is 12.1 Å². The standard InChI is InChI=1S/C9H7O3/c1-7(11)8-3-2-4-9(5-8)12-6-10/h2-5H,1H3. The van der Waals surface area contributed by atoms with E-state index in [2.05, 4.69) is 4.74 Å². The van der Waals surface area contributed by atoms with Crippen LogP contribution in [0.4, 0.5) is 0 Å². The van der Waals surface area contributed by atoms with Gasteiger partial charge in [0.15, 0.2) is 5.78 Å². The van der Waals surface area contributed by atoms with Gasteiger partial charge >= 0.3 is 6.47 Å². The van der Waals surface area contributed by atoms with Crippen molar-refractivity contribution in [2.45, 2.75) is 6.92 Å². The van der Waals surface area contributed by atoms with Gasteiger partial charge in [-0.05, 0) is 19.1 Å². The molecule has 61 valence electrons. The molecule has 1 aromatic rings. The average Bonchev–Trinajstić information content (AvgIpc) is 2.05. The molecule has 0 unspecified atom stereocenters. The van der Waals surface area contributed by atoms with Crippen LogP contribution in [0.3, 0.4) is 0 Å². The van der Waals surface area contributed by atoms with E-state index in [0.717, 1.165) is 0 Å². The van der Waals surface area contributed by atoms with E-state index in [1.165, 1.54) is 19.5 Å². The second kappa shape index (κ2) is 3.67. The van der Waals surface area contributed by atoms with Crippen molar-refractivity contribution in [1.29, 1.82) is 0 Å². The number of rotatable bonds is 3. The first-order valence-electron chi connectivity index (χ1n) is 3.39. The van der Waals surface area contributed by atoms with Gasteiger partial charge in [0.2, 0.25) is 0 Å². The molecular formula is C9H7O3. The first-order chi connectivity index (χ1) is 5.74. The normalized spacial score (nSPS) is 9.08. The van der Waals surface area contributed by atoms with Crippen molar-refractivity contribution in [3.8, 4) is 5.75 Å². The molecular weight excluding hydrogens is 156 g/mol. The Bertz CT molecular complexity index is 304. The van der Waals surface area contributed by atoms with Gasteiger partial charge < -0.3 is 4.74 Å². The zero-order valence-corrected chi connectivity index (χ0v) is 6.53. The van der Waals surface area contributed by atoms with Crippen LogP contribution in [-0.2, 0) is 4.79 Å². The maximum absolute atomic E-state index is 10.8. The molecule has 12 heavy (non-hydrogen) atoms. The number of Topliss-reactive ketones (excluding diaryl/α,β-unsaturated/α-hetero) is 1. The molecule has 1 aromatic carbocycles. The number of ether oxygens (including phenoxy) is 1. The number of ketones is 1. The summed E-state index contributed by atoms with van der Waals surface area (Å²) in [6.45, 7) is 2.74. The van der Waals surface area contributed by atoms with Crippen molar-refractivity contribution in [1.82, 2.24) is 0 Å². The Morgan fingerprint density at radius 1 is 1.50 bits per heavy atom. The second-order valence-corrected chi connectivity index (χ2v) is 2.27. The highest BCUT2D eigenvalue weighted by Crippen LogP contribution is 2.12. The van der Waals surface area contributed by atoms with Crippen molar-refractivity contribution in [2.24, 2.45) is 0 Å². The molecule has 1 radical (unpaired) electrons. The van der Waals surface area contributed by atoms with Crippen LogP contribution in [0, 0.1) is 0 Å². The first kappa shape index (κ1) is 8.46. The molecule has 0 aromatic heterocycles. The number of carbonyl (C=O) groups is 1. The predicted octanol–water partition coefficient (Wildman–Crippen LogP) is 1.34. The van der Waals surface area contributed by atoms with Crippen molar-refractivity contribution in [3.05, 3.63) is 29.8 Å². The second-order valence-electron chi connectivity index (χ2n) is 2.27. The van der Waals surface area contributed by atoms with Gasteiger partial charge in [0.25, 0.3) is 0 Å². The Labute approximate surface area is 70.0 Å². The lowest BCUT2D eigenvalue weighted by Gasteiger charge is -1.97. The third-order valence-electron chi connectivity index (χ3n) is 1.40. The molecule has 0 heterocycles. The Hall–Kier alpha value is -1.64. The lowest BCUT2D eigenvalue weighted by molar-refractivity contribution is 0.101. The molecule has 0 saturated carbocycles. The summed E-state index contributed by atoms with van der Waals surface area (Å²) in [5.74, 6) is 0.268. The lowest BCUT2D eigenvalue weighted by Crippen LogP contribution is -1.93. The van der Waals surface area contributed by atoms with E-state index in [1.54, 1.807) is 18.2 Å². The Morgan fingerprint density at radius 2 is 2.25 bits per heavy atom. The molecule has 0 amide bonds. The highest BCUT2D eigenvalue weighted by Gasteiger charge is 2.00. The minimum Gasteiger partial charge on any atom is -0.418 e. The molecule has 3 nitrogen and oxygen atoms in total. The number of carbonyl (C=O) groups excluding carboxylic acids is 2. The van der Waals surface area contributed by atoms with Crippen molar-refractivity contribution >= 4 is 12.3 Å². The smallest absolute Gasteiger partial charge is 0.418 e. The number of benzene rings is 1. The summed E-state index contributed by atoms with van der Waals surface area (Å²) < 4.78 is 4.44. The van der Waals surface area contributed by atoms with Crippen LogP contribution >= 0.6 is 0 Å². The summed E-state index contributed by atoms with van der Waals surface area (Å²) in [4.78, 5) is 20.7. The van der Waals surface area contributed by atoms with E-state index in [-0.39, 0.29) is 5.78 Å². The van der Waals surface area contributed by atoms with E-state index in [4.69, 9.17) is 0 Å². The van der Waals surface area contributed by atoms with E-state index >= 15 is 0 Å². The summed E-state index contributed by atoms with van der Waals surface area (Å²) in [6.07, 6.45) is 0. The van der Waals surface area contributed by atoms with Crippen LogP contribution in [0.25, 0.3) is 0 Å². The van der Waals surface area contributed by atoms with E-state index < -0.39 is 0 Å². The largest absolute Gasteiger partial charge is 0.423 e. The third kappa shape index (κ3) is 1.92. The summed E-state index contributed by atoms with van der Waals surface area (Å²) >= 11 is 0. The molecule has 0 atom stereocenters. The van der Waals surface area contributed by atoms with E-state index in [0.29, 0.717) is 11.3 Å². The Kier molecular flexibility index (Phi) is 2.58. The summed E-state index contributed by atoms with van der Waals surface area (Å²) in [5, 5.41) is 0. The summed E-state index contributed by atoms with van der Waals surface area (Å²) in [7, 11) is 0. The maximum atomic E-state index is 10.8. The van der Waals surface area contributed by atoms with Crippen LogP contribution in [0.2, 0.25) is 0 Å². The molecule has 0 N–H and O–H groups in total. The van der Waals surface area contributed by atoms with Crippen molar-refractivity contribution in [3.63, 3.8) is 0 Å². The van der Waals surface area contributed by atoms with Gasteiger partial charge in [-0.3, -0.25) is 4.79 Å². The Balaban J connectivity index is 2.95. The Morgan fingerprint density at radius 3 is 2.83 bits per heavy atom. The van der Waals surface area contributed by atoms with Gasteiger partial charge in [-0.25, -0.2) is 4.79 Å². The average molecular weight is 163 g/mol. The molecule has 0 aliphatic rings. The van der Waals surface area contributed by atoms with Gasteiger partial charge in [-0.2, -0.15) is 0 Å². The van der Waals surface area contributed by atoms with Crippen LogP contribution in [0.1, 0.15) is 17.3 Å². The maximum Gasteiger partial charge on any atom is 0.423 e. The summed E-state index contributed by atoms with van der Waals surface area (Å²) in [6, 6.07) is 6.37. The molecule has 0 spiro atoms. The van der Waals surface area contributed by atoms with E-state index in [1.807, 2.05) is 0 Å². The van der Waals surface area contributed by atoms with Gasteiger partial charge in [-0.15, -0.1) is 0 Å². The molecule has 0 aliphatic carbocycles. The van der Waals surface area contributed by atoms with Crippen LogP contribution in [0.15, 0.2) is 24.3 Å². The van der Waals surface area contributed by atoms with Crippen LogP contribution in [-0.4, -0.2) is 12.3 Å². The molecule has 0 saturated heterocycles. The molecule has 0 aliphatic heterocycles. The van der Waals surface area contributed by atoms with Gasteiger partial charge in [0.1, 0.15) is 5.75 Å². The fourth-order valence-corrected chi connectivity index (χ4v) is 0.827. The molecule has 1 rings (SSSR count). The first-order valence-corrected chi connectivity index (χ1v) is 3.39. The van der Waals surface area contributed by atoms with Gasteiger partial charge in [0, 0.05) is 5.56 Å². The zero-order valence-electron chi connectivity index (χ0n) is 6.53. The number of hydrogen-bond acceptors (Lipinski definition) is 3. The minimum atomic E-state index is -0.0636. The highest BCUT2D eigenvalue weighted by molar-refractivity contribution is 5.94. The van der Waals surface area contributed by atoms with E-state index in [9.17, 15) is 9.59 Å². The van der Waals surface area contributed by atoms with Crippen molar-refractivity contribution < 1.29 is 14.3 Å². The van der Waals surface area contributed by atoms with Crippen LogP contribution in [0.5, 0.6) is 5.75 Å². The molecule has 0 fully saturated rings. The number of hydrogen-bond donors (Lipinski definition) is 0. The van der Waals surface area contributed by atoms with Gasteiger partial charge in [0.05, 0.1) is 0 Å². The monoisotopic (exact) mass is 163 g/mol. The fourth-order valence-electron chi connectivity index (χ4n) is 0.827. The topological polar surface area (TPSA) is 43.4 Å². The molecule has 0 bridgehead atoms.